The first kappa shape index (κ1) is 18.3. The van der Waals surface area contributed by atoms with Crippen LogP contribution in [0.2, 0.25) is 0 Å². The van der Waals surface area contributed by atoms with Crippen LogP contribution in [-0.2, 0) is 11.8 Å². The van der Waals surface area contributed by atoms with E-state index in [1.54, 1.807) is 35.0 Å². The third-order valence-corrected chi connectivity index (χ3v) is 6.18. The first-order chi connectivity index (χ1) is 15.1. The van der Waals surface area contributed by atoms with Crippen LogP contribution in [0.3, 0.4) is 0 Å². The highest BCUT2D eigenvalue weighted by Crippen LogP contribution is 2.27. The van der Waals surface area contributed by atoms with Gasteiger partial charge in [-0.3, -0.25) is 4.57 Å². The smallest absolute Gasteiger partial charge is 0.349 e. The van der Waals surface area contributed by atoms with Crippen LogP contribution < -0.4 is 16.0 Å². The third-order valence-electron chi connectivity index (χ3n) is 6.18. The predicted octanol–water partition coefficient (Wildman–Crippen LogP) is 1.62. The number of ether oxygens (including phenoxy) is 1. The van der Waals surface area contributed by atoms with Crippen molar-refractivity contribution in [3.63, 3.8) is 0 Å². The topological polar surface area (TPSA) is 103 Å². The first-order valence-corrected chi connectivity index (χ1v) is 10.4. The van der Waals surface area contributed by atoms with Crippen LogP contribution in [0.25, 0.3) is 22.1 Å². The van der Waals surface area contributed by atoms with Gasteiger partial charge in [0.05, 0.1) is 37.0 Å². The molecule has 31 heavy (non-hydrogen) atoms. The van der Waals surface area contributed by atoms with E-state index in [9.17, 15) is 4.79 Å². The van der Waals surface area contributed by atoms with Crippen LogP contribution in [-0.4, -0.2) is 54.5 Å². The number of fused-ring (bicyclic) bond motifs is 4. The molecule has 2 aliphatic heterocycles. The highest BCUT2D eigenvalue weighted by molar-refractivity contribution is 5.84. The molecule has 2 atom stereocenters. The Morgan fingerprint density at radius 1 is 1.13 bits per heavy atom. The Hall–Kier alpha value is -3.53. The summed E-state index contributed by atoms with van der Waals surface area (Å²) < 4.78 is 9.21. The molecule has 2 unspecified atom stereocenters. The third kappa shape index (κ3) is 2.94. The quantitative estimate of drug-likeness (QED) is 0.535. The number of hydrogen-bond donors (Lipinski definition) is 1. The van der Waals surface area contributed by atoms with Gasteiger partial charge in [-0.15, -0.1) is 0 Å². The Balaban J connectivity index is 1.41. The van der Waals surface area contributed by atoms with Gasteiger partial charge in [-0.05, 0) is 37.5 Å². The van der Waals surface area contributed by atoms with Crippen molar-refractivity contribution in [2.75, 3.05) is 23.4 Å². The molecule has 0 saturated carbocycles. The zero-order chi connectivity index (χ0) is 21.1. The van der Waals surface area contributed by atoms with Crippen molar-refractivity contribution in [2.24, 2.45) is 7.05 Å². The molecule has 6 rings (SSSR count). The molecule has 10 heteroatoms. The number of rotatable bonds is 3. The Bertz CT molecular complexity index is 1370. The average Bonchev–Trinajstić information content (AvgIpc) is 3.23. The maximum Gasteiger partial charge on any atom is 0.349 e. The second-order valence-corrected chi connectivity index (χ2v) is 8.26. The maximum atomic E-state index is 13.0. The molecular formula is C21H22N8O2. The van der Waals surface area contributed by atoms with E-state index in [1.165, 1.54) is 0 Å². The highest BCUT2D eigenvalue weighted by Gasteiger charge is 2.35. The molecule has 0 spiro atoms. The van der Waals surface area contributed by atoms with Gasteiger partial charge in [-0.2, -0.15) is 9.66 Å². The Labute approximate surface area is 177 Å². The molecular weight excluding hydrogens is 396 g/mol. The summed E-state index contributed by atoms with van der Waals surface area (Å²) in [5.41, 5.74) is 3.93. The summed E-state index contributed by atoms with van der Waals surface area (Å²) in [6.45, 7) is 3.38. The fraction of sp³-hybridized carbons (Fsp3) is 0.381. The zero-order valence-corrected chi connectivity index (χ0v) is 17.3. The molecule has 2 aliphatic rings. The van der Waals surface area contributed by atoms with Crippen molar-refractivity contribution in [3.05, 3.63) is 46.9 Å². The molecule has 158 valence electrons. The maximum absolute atomic E-state index is 13.0. The lowest BCUT2D eigenvalue weighted by Crippen LogP contribution is -2.52. The Kier molecular flexibility index (Phi) is 3.97. The monoisotopic (exact) mass is 418 g/mol. The second-order valence-electron chi connectivity index (χ2n) is 8.26. The molecule has 2 saturated heterocycles. The zero-order valence-electron chi connectivity index (χ0n) is 17.3. The van der Waals surface area contributed by atoms with Crippen LogP contribution in [0.4, 0.5) is 11.6 Å². The van der Waals surface area contributed by atoms with Gasteiger partial charge in [0.15, 0.2) is 5.65 Å². The summed E-state index contributed by atoms with van der Waals surface area (Å²) in [7, 11) is 1.75. The lowest BCUT2D eigenvalue weighted by atomic mass is 10.1. The van der Waals surface area contributed by atoms with Crippen LogP contribution in [0.1, 0.15) is 18.4 Å². The van der Waals surface area contributed by atoms with Crippen molar-refractivity contribution < 1.29 is 4.74 Å². The van der Waals surface area contributed by atoms with Crippen LogP contribution >= 0.6 is 0 Å². The summed E-state index contributed by atoms with van der Waals surface area (Å²) in [6, 6.07) is 3.98. The van der Waals surface area contributed by atoms with Crippen LogP contribution in [0.5, 0.6) is 0 Å². The van der Waals surface area contributed by atoms with Gasteiger partial charge in [-0.25, -0.2) is 19.7 Å². The van der Waals surface area contributed by atoms with E-state index in [2.05, 4.69) is 25.3 Å². The summed E-state index contributed by atoms with van der Waals surface area (Å²) in [4.78, 5) is 30.6. The molecule has 10 nitrogen and oxygen atoms in total. The first-order valence-electron chi connectivity index (χ1n) is 10.4. The Morgan fingerprint density at radius 3 is 2.74 bits per heavy atom. The minimum atomic E-state index is -0.123. The summed E-state index contributed by atoms with van der Waals surface area (Å²) >= 11 is 0. The van der Waals surface area contributed by atoms with Gasteiger partial charge in [0.1, 0.15) is 11.8 Å². The van der Waals surface area contributed by atoms with E-state index in [4.69, 9.17) is 9.72 Å². The van der Waals surface area contributed by atoms with E-state index >= 15 is 0 Å². The van der Waals surface area contributed by atoms with Crippen molar-refractivity contribution in [1.29, 1.82) is 0 Å². The molecule has 0 amide bonds. The number of nitrogens with zero attached hydrogens (tertiary/aromatic N) is 7. The molecule has 4 aromatic rings. The normalized spacial score (nSPS) is 20.6. The van der Waals surface area contributed by atoms with Gasteiger partial charge in [0.2, 0.25) is 5.95 Å². The fourth-order valence-corrected chi connectivity index (χ4v) is 4.56. The molecule has 0 radical (unpaired) electrons. The number of morpholine rings is 1. The summed E-state index contributed by atoms with van der Waals surface area (Å²) in [6.07, 6.45) is 7.42. The molecule has 1 N–H and O–H groups in total. The minimum Gasteiger partial charge on any atom is -0.371 e. The van der Waals surface area contributed by atoms with Crippen LogP contribution in [0, 0.1) is 6.92 Å². The van der Waals surface area contributed by atoms with E-state index < -0.39 is 0 Å². The standard InChI is InChI=1S/C21H22N8O2/c1-12-5-17-13(7-22-11-24-17)6-16(12)25-20-23-8-18-19(26-20)29(21(30)27(18)2)28-9-14-3-4-15(10-28)31-14/h5-8,11,14-15H,3-4,9-10H2,1-2H3,(H,23,25,26). The van der Waals surface area contributed by atoms with E-state index in [1.807, 2.05) is 19.1 Å². The lowest BCUT2D eigenvalue weighted by molar-refractivity contribution is 0.0214. The highest BCUT2D eigenvalue weighted by atomic mass is 16.5. The number of nitrogens with one attached hydrogen (secondary N) is 1. The van der Waals surface area contributed by atoms with Gasteiger partial charge in [0.25, 0.3) is 0 Å². The van der Waals surface area contributed by atoms with Crippen molar-refractivity contribution in [2.45, 2.75) is 32.0 Å². The van der Waals surface area contributed by atoms with Gasteiger partial charge < -0.3 is 15.1 Å². The van der Waals surface area contributed by atoms with Crippen molar-refractivity contribution in [3.8, 4) is 0 Å². The number of aromatic nitrogens is 6. The molecule has 0 aliphatic carbocycles. The number of anilines is 2. The summed E-state index contributed by atoms with van der Waals surface area (Å²) in [5.74, 6) is 0.433. The number of hydrogen-bond acceptors (Lipinski definition) is 8. The van der Waals surface area contributed by atoms with Gasteiger partial charge in [-0.1, -0.05) is 0 Å². The number of aryl methyl sites for hydroxylation is 2. The second kappa shape index (κ2) is 6.74. The lowest BCUT2D eigenvalue weighted by Gasteiger charge is -2.33. The number of benzene rings is 1. The van der Waals surface area contributed by atoms with Crippen molar-refractivity contribution in [1.82, 2.24) is 29.2 Å². The van der Waals surface area contributed by atoms with E-state index in [0.717, 1.165) is 35.0 Å². The molecule has 2 bridgehead atoms. The minimum absolute atomic E-state index is 0.123. The van der Waals surface area contributed by atoms with E-state index in [0.29, 0.717) is 30.2 Å². The largest absolute Gasteiger partial charge is 0.371 e. The van der Waals surface area contributed by atoms with Gasteiger partial charge in [0, 0.05) is 24.3 Å². The predicted molar refractivity (Wildman–Crippen MR) is 116 cm³/mol. The van der Waals surface area contributed by atoms with Crippen LogP contribution in [0.15, 0.2) is 35.6 Å². The summed E-state index contributed by atoms with van der Waals surface area (Å²) in [5, 5.41) is 6.29. The molecule has 1 aromatic carbocycles. The SMILES string of the molecule is Cc1cc2ncncc2cc1Nc1ncc2c(n1)n(N1CC3CCC(C1)O3)c(=O)n2C. The molecule has 3 aromatic heterocycles. The Morgan fingerprint density at radius 2 is 1.94 bits per heavy atom. The van der Waals surface area contributed by atoms with E-state index in [-0.39, 0.29) is 17.9 Å². The molecule has 2 fully saturated rings. The fourth-order valence-electron chi connectivity index (χ4n) is 4.56. The average molecular weight is 418 g/mol. The number of imidazole rings is 1. The van der Waals surface area contributed by atoms with Gasteiger partial charge >= 0.3 is 5.69 Å². The molecule has 5 heterocycles. The van der Waals surface area contributed by atoms with Crippen molar-refractivity contribution >= 4 is 33.7 Å².